The molecule has 1 aliphatic heterocycles. The Kier molecular flexibility index (Phi) is 4.32. The van der Waals surface area contributed by atoms with Gasteiger partial charge in [0.1, 0.15) is 10.7 Å². The molecule has 0 unspecified atom stereocenters. The highest BCUT2D eigenvalue weighted by Crippen LogP contribution is 2.31. The van der Waals surface area contributed by atoms with Crippen LogP contribution < -0.4 is 4.72 Å². The van der Waals surface area contributed by atoms with E-state index in [2.05, 4.69) is 30.6 Å². The average molecular weight is 392 g/mol. The Bertz CT molecular complexity index is 906. The molecule has 0 spiro atoms. The summed E-state index contributed by atoms with van der Waals surface area (Å²) in [5.41, 5.74) is 2.02. The third kappa shape index (κ3) is 3.35. The van der Waals surface area contributed by atoms with Gasteiger partial charge >= 0.3 is 0 Å². The molecular weight excluding hydrogens is 378 g/mol. The number of hydrogen-bond acceptors (Lipinski definition) is 4. The molecule has 23 heavy (non-hydrogen) atoms. The van der Waals surface area contributed by atoms with Crippen LogP contribution in [-0.2, 0) is 16.6 Å². The van der Waals surface area contributed by atoms with E-state index in [1.54, 1.807) is 31.3 Å². The first-order valence-corrected chi connectivity index (χ1v) is 9.19. The lowest BCUT2D eigenvalue weighted by atomic mass is 10.1. The number of halogens is 1. The maximum absolute atomic E-state index is 12.4. The largest absolute Gasteiger partial charge is 0.264 e. The van der Waals surface area contributed by atoms with Crippen LogP contribution in [0, 0.1) is 0 Å². The fraction of sp³-hybridized carbons (Fsp3) is 0.125. The number of aliphatic imine (C=N–C) groups is 1. The molecule has 7 heteroatoms. The highest BCUT2D eigenvalue weighted by Gasteiger charge is 2.32. The third-order valence-electron chi connectivity index (χ3n) is 3.41. The number of amidine groups is 1. The minimum Gasteiger partial charge on any atom is -0.263 e. The molecule has 0 saturated carbocycles. The van der Waals surface area contributed by atoms with Crippen molar-refractivity contribution < 1.29 is 8.42 Å². The Morgan fingerprint density at radius 1 is 1.22 bits per heavy atom. The highest BCUT2D eigenvalue weighted by molar-refractivity contribution is 9.10. The Morgan fingerprint density at radius 2 is 2.04 bits per heavy atom. The summed E-state index contributed by atoms with van der Waals surface area (Å²) in [6, 6.07) is 12.7. The Hall–Kier alpha value is -1.99. The Morgan fingerprint density at radius 3 is 2.74 bits per heavy atom. The molecular formula is C16H14BrN3O2S. The number of nitrogens with zero attached hydrogens (tertiary/aromatic N) is 2. The number of rotatable bonds is 3. The van der Waals surface area contributed by atoms with E-state index in [4.69, 9.17) is 0 Å². The molecule has 3 rings (SSSR count). The van der Waals surface area contributed by atoms with Gasteiger partial charge < -0.3 is 0 Å². The van der Waals surface area contributed by atoms with Crippen molar-refractivity contribution in [1.82, 2.24) is 9.71 Å². The van der Waals surface area contributed by atoms with Crippen LogP contribution in [0.2, 0.25) is 0 Å². The fourth-order valence-electron chi connectivity index (χ4n) is 2.37. The zero-order valence-electron chi connectivity index (χ0n) is 12.3. The van der Waals surface area contributed by atoms with Gasteiger partial charge in [0.25, 0.3) is 10.0 Å². The van der Waals surface area contributed by atoms with Crippen LogP contribution >= 0.6 is 15.9 Å². The van der Waals surface area contributed by atoms with E-state index >= 15 is 0 Å². The van der Waals surface area contributed by atoms with Crippen LogP contribution in [0.25, 0.3) is 4.91 Å². The second-order valence-electron chi connectivity index (χ2n) is 5.06. The SMILES string of the molecule is CC1=C(c2cccc(Br)c2)S(=O)(=O)NC1=NCc1ccccn1. The van der Waals surface area contributed by atoms with E-state index in [1.807, 2.05) is 24.3 Å². The van der Waals surface area contributed by atoms with Gasteiger partial charge in [0.15, 0.2) is 0 Å². The minimum absolute atomic E-state index is 0.263. The van der Waals surface area contributed by atoms with Gasteiger partial charge in [-0.2, -0.15) is 0 Å². The molecule has 2 heterocycles. The topological polar surface area (TPSA) is 71.4 Å². The number of sulfonamides is 1. The van der Waals surface area contributed by atoms with E-state index in [1.165, 1.54) is 0 Å². The molecule has 1 aliphatic rings. The van der Waals surface area contributed by atoms with Crippen LogP contribution in [-0.4, -0.2) is 19.2 Å². The predicted octanol–water partition coefficient (Wildman–Crippen LogP) is 3.11. The quantitative estimate of drug-likeness (QED) is 0.873. The first kappa shape index (κ1) is 15.9. The molecule has 1 N–H and O–H groups in total. The lowest BCUT2D eigenvalue weighted by Crippen LogP contribution is -2.23. The first-order valence-electron chi connectivity index (χ1n) is 6.92. The van der Waals surface area contributed by atoms with E-state index < -0.39 is 10.0 Å². The van der Waals surface area contributed by atoms with Crippen molar-refractivity contribution in [3.63, 3.8) is 0 Å². The van der Waals surface area contributed by atoms with Crippen LogP contribution in [0.5, 0.6) is 0 Å². The summed E-state index contributed by atoms with van der Waals surface area (Å²) in [6.07, 6.45) is 1.68. The zero-order valence-corrected chi connectivity index (χ0v) is 14.7. The van der Waals surface area contributed by atoms with Crippen LogP contribution in [0.4, 0.5) is 0 Å². The van der Waals surface area contributed by atoms with Crippen LogP contribution in [0.1, 0.15) is 18.2 Å². The van der Waals surface area contributed by atoms with Gasteiger partial charge in [-0.25, -0.2) is 8.42 Å². The monoisotopic (exact) mass is 391 g/mol. The summed E-state index contributed by atoms with van der Waals surface area (Å²) < 4.78 is 28.2. The van der Waals surface area contributed by atoms with Gasteiger partial charge in [-0.1, -0.05) is 34.1 Å². The Labute approximate surface area is 143 Å². The van der Waals surface area contributed by atoms with Crippen molar-refractivity contribution in [1.29, 1.82) is 0 Å². The van der Waals surface area contributed by atoms with Crippen molar-refractivity contribution >= 4 is 36.7 Å². The standard InChI is InChI=1S/C16H14BrN3O2S/c1-11-15(12-5-4-6-13(17)9-12)23(21,22)20-16(11)19-10-14-7-2-3-8-18-14/h2-9H,10H2,1H3,(H,19,20). The molecule has 0 radical (unpaired) electrons. The van der Waals surface area contributed by atoms with Crippen molar-refractivity contribution in [2.75, 3.05) is 0 Å². The number of aromatic nitrogens is 1. The van der Waals surface area contributed by atoms with Crippen LogP contribution in [0.3, 0.4) is 0 Å². The first-order chi connectivity index (χ1) is 11.0. The summed E-state index contributed by atoms with van der Waals surface area (Å²) in [5.74, 6) is 0.366. The molecule has 1 aromatic carbocycles. The molecule has 5 nitrogen and oxygen atoms in total. The molecule has 0 amide bonds. The van der Waals surface area contributed by atoms with Crippen molar-refractivity contribution in [2.45, 2.75) is 13.5 Å². The molecule has 0 bridgehead atoms. The summed E-state index contributed by atoms with van der Waals surface area (Å²) >= 11 is 3.37. The predicted molar refractivity (Wildman–Crippen MR) is 94.2 cm³/mol. The average Bonchev–Trinajstić information content (AvgIpc) is 2.75. The van der Waals surface area contributed by atoms with Gasteiger partial charge in [-0.05, 0) is 36.8 Å². The zero-order chi connectivity index (χ0) is 16.4. The molecule has 118 valence electrons. The normalized spacial score (nSPS) is 18.3. The summed E-state index contributed by atoms with van der Waals surface area (Å²) in [4.78, 5) is 8.81. The van der Waals surface area contributed by atoms with E-state index in [0.717, 1.165) is 10.2 Å². The number of benzene rings is 1. The van der Waals surface area contributed by atoms with Gasteiger partial charge in [0, 0.05) is 16.2 Å². The lowest BCUT2D eigenvalue weighted by Gasteiger charge is -2.03. The second-order valence-corrected chi connectivity index (χ2v) is 7.59. The minimum atomic E-state index is -3.60. The summed E-state index contributed by atoms with van der Waals surface area (Å²) in [6.45, 7) is 2.08. The molecule has 0 atom stereocenters. The summed E-state index contributed by atoms with van der Waals surface area (Å²) in [5, 5.41) is 0. The Balaban J connectivity index is 1.99. The molecule has 0 saturated heterocycles. The van der Waals surface area contributed by atoms with E-state index in [-0.39, 0.29) is 4.91 Å². The van der Waals surface area contributed by atoms with Crippen molar-refractivity contribution in [3.05, 3.63) is 70.0 Å². The van der Waals surface area contributed by atoms with E-state index in [9.17, 15) is 8.42 Å². The molecule has 0 fully saturated rings. The maximum atomic E-state index is 12.4. The van der Waals surface area contributed by atoms with E-state index in [0.29, 0.717) is 23.5 Å². The van der Waals surface area contributed by atoms with Gasteiger partial charge in [-0.15, -0.1) is 0 Å². The smallest absolute Gasteiger partial charge is 0.263 e. The lowest BCUT2D eigenvalue weighted by molar-refractivity contribution is 0.603. The molecule has 2 aromatic rings. The van der Waals surface area contributed by atoms with Gasteiger partial charge in [0.2, 0.25) is 0 Å². The van der Waals surface area contributed by atoms with Crippen LogP contribution in [0.15, 0.2) is 63.7 Å². The second kappa shape index (κ2) is 6.25. The van der Waals surface area contributed by atoms with Crippen molar-refractivity contribution in [2.24, 2.45) is 4.99 Å². The molecule has 0 aliphatic carbocycles. The van der Waals surface area contributed by atoms with Crippen molar-refractivity contribution in [3.8, 4) is 0 Å². The van der Waals surface area contributed by atoms with Gasteiger partial charge in [0.05, 0.1) is 12.2 Å². The highest BCUT2D eigenvalue weighted by atomic mass is 79.9. The maximum Gasteiger partial charge on any atom is 0.264 e. The number of hydrogen-bond donors (Lipinski definition) is 1. The summed E-state index contributed by atoms with van der Waals surface area (Å²) in [7, 11) is -3.60. The van der Waals surface area contributed by atoms with Gasteiger partial charge in [-0.3, -0.25) is 14.7 Å². The third-order valence-corrected chi connectivity index (χ3v) is 5.44. The number of nitrogens with one attached hydrogen (secondary N) is 1. The fourth-order valence-corrected chi connectivity index (χ4v) is 4.28. The number of pyridine rings is 1. The molecule has 1 aromatic heterocycles.